The molecule has 3 aromatic heterocycles. The van der Waals surface area contributed by atoms with E-state index in [1.807, 2.05) is 47.7 Å². The first-order valence-corrected chi connectivity index (χ1v) is 11.1. The summed E-state index contributed by atoms with van der Waals surface area (Å²) in [5.41, 5.74) is 1.32. The lowest BCUT2D eigenvalue weighted by atomic mass is 10.1. The van der Waals surface area contributed by atoms with Gasteiger partial charge in [-0.25, -0.2) is 9.99 Å². The zero-order valence-corrected chi connectivity index (χ0v) is 18.2. The lowest BCUT2D eigenvalue weighted by molar-refractivity contribution is -0.134. The van der Waals surface area contributed by atoms with E-state index >= 15 is 0 Å². The molecule has 1 atom stereocenters. The van der Waals surface area contributed by atoms with Crippen molar-refractivity contribution in [3.05, 3.63) is 87.0 Å². The number of aromatic nitrogens is 2. The zero-order valence-electron chi connectivity index (χ0n) is 17.4. The van der Waals surface area contributed by atoms with Crippen LogP contribution in [0.2, 0.25) is 0 Å². The average molecular weight is 448 g/mol. The summed E-state index contributed by atoms with van der Waals surface area (Å²) in [4.78, 5) is 35.7. The number of carbonyl (C=O) groups is 1. The fraction of sp³-hybridized carbons (Fsp3) is 0.217. The van der Waals surface area contributed by atoms with Gasteiger partial charge in [-0.3, -0.25) is 14.5 Å². The average Bonchev–Trinajstić information content (AvgIpc) is 3.54. The fourth-order valence-corrected chi connectivity index (χ4v) is 4.58. The summed E-state index contributed by atoms with van der Waals surface area (Å²) in [5.74, 6) is 1.07. The third-order valence-corrected chi connectivity index (χ3v) is 6.25. The first-order chi connectivity index (χ1) is 15.6. The van der Waals surface area contributed by atoms with E-state index < -0.39 is 0 Å². The minimum atomic E-state index is -0.276. The van der Waals surface area contributed by atoms with Crippen molar-refractivity contribution in [2.24, 2.45) is 5.10 Å². The minimum Gasteiger partial charge on any atom is -0.467 e. The highest BCUT2D eigenvalue weighted by Gasteiger charge is 2.35. The smallest absolute Gasteiger partial charge is 0.258 e. The predicted octanol–water partition coefficient (Wildman–Crippen LogP) is 3.39. The van der Waals surface area contributed by atoms with Crippen LogP contribution in [0.1, 0.15) is 28.9 Å². The molecule has 0 unspecified atom stereocenters. The maximum Gasteiger partial charge on any atom is 0.258 e. The number of aromatic amines is 1. The van der Waals surface area contributed by atoms with Crippen molar-refractivity contribution in [1.29, 1.82) is 0 Å². The van der Waals surface area contributed by atoms with Crippen LogP contribution in [0.3, 0.4) is 0 Å². The molecular formula is C23H21N5O3S. The first kappa shape index (κ1) is 20.3. The van der Waals surface area contributed by atoms with Crippen molar-refractivity contribution in [3.63, 3.8) is 0 Å². The molecule has 0 saturated carbocycles. The number of hydrogen-bond donors (Lipinski definition) is 1. The molecule has 32 heavy (non-hydrogen) atoms. The van der Waals surface area contributed by atoms with Gasteiger partial charge in [0.15, 0.2) is 0 Å². The van der Waals surface area contributed by atoms with Crippen molar-refractivity contribution < 1.29 is 9.21 Å². The fourth-order valence-electron chi connectivity index (χ4n) is 3.86. The van der Waals surface area contributed by atoms with Crippen molar-refractivity contribution in [1.82, 2.24) is 19.9 Å². The molecule has 5 rings (SSSR count). The van der Waals surface area contributed by atoms with Gasteiger partial charge in [-0.2, -0.15) is 5.10 Å². The van der Waals surface area contributed by atoms with Crippen molar-refractivity contribution in [3.8, 4) is 0 Å². The number of para-hydroxylation sites is 1. The van der Waals surface area contributed by atoms with Crippen molar-refractivity contribution >= 4 is 33.9 Å². The second kappa shape index (κ2) is 8.52. The van der Waals surface area contributed by atoms with Crippen LogP contribution in [0, 0.1) is 0 Å². The number of amides is 1. The number of H-pyrrole nitrogens is 1. The van der Waals surface area contributed by atoms with Gasteiger partial charge in [0, 0.05) is 6.42 Å². The van der Waals surface area contributed by atoms with E-state index in [-0.39, 0.29) is 24.1 Å². The largest absolute Gasteiger partial charge is 0.467 e. The van der Waals surface area contributed by atoms with Gasteiger partial charge >= 0.3 is 0 Å². The van der Waals surface area contributed by atoms with Gasteiger partial charge in [0.25, 0.3) is 11.5 Å². The van der Waals surface area contributed by atoms with E-state index in [1.165, 1.54) is 5.01 Å². The molecule has 1 amide bonds. The number of furan rings is 1. The third-order valence-electron chi connectivity index (χ3n) is 5.33. The number of carbonyl (C=O) groups excluding carboxylic acids is 1. The van der Waals surface area contributed by atoms with Crippen LogP contribution in [0.5, 0.6) is 0 Å². The number of likely N-dealkylation sites (N-methyl/N-ethyl adjacent to an activating group) is 1. The van der Waals surface area contributed by atoms with Crippen LogP contribution in [0.15, 0.2) is 74.5 Å². The van der Waals surface area contributed by atoms with Crippen LogP contribution in [-0.4, -0.2) is 45.1 Å². The molecule has 0 aliphatic carbocycles. The van der Waals surface area contributed by atoms with E-state index in [4.69, 9.17) is 4.42 Å². The number of nitrogens with zero attached hydrogens (tertiary/aromatic N) is 4. The van der Waals surface area contributed by atoms with Crippen molar-refractivity contribution in [2.45, 2.75) is 19.0 Å². The Bertz CT molecular complexity index is 1330. The highest BCUT2D eigenvalue weighted by atomic mass is 32.1. The molecule has 0 fully saturated rings. The Balaban J connectivity index is 1.34. The molecule has 4 heterocycles. The second-order valence-electron chi connectivity index (χ2n) is 7.70. The summed E-state index contributed by atoms with van der Waals surface area (Å²) in [5, 5.41) is 8.69. The first-order valence-electron chi connectivity index (χ1n) is 10.2. The van der Waals surface area contributed by atoms with Crippen LogP contribution >= 0.6 is 11.3 Å². The Morgan fingerprint density at radius 3 is 2.91 bits per heavy atom. The monoisotopic (exact) mass is 447 g/mol. The van der Waals surface area contributed by atoms with Crippen LogP contribution in [0.4, 0.5) is 0 Å². The van der Waals surface area contributed by atoms with Gasteiger partial charge in [0.2, 0.25) is 0 Å². The molecule has 4 aromatic rings. The summed E-state index contributed by atoms with van der Waals surface area (Å²) in [6.45, 7) is 0.446. The summed E-state index contributed by atoms with van der Waals surface area (Å²) in [6, 6.07) is 14.6. The Morgan fingerprint density at radius 2 is 2.12 bits per heavy atom. The quantitative estimate of drug-likeness (QED) is 0.489. The second-order valence-corrected chi connectivity index (χ2v) is 8.65. The molecule has 1 N–H and O–H groups in total. The maximum absolute atomic E-state index is 13.2. The number of thiophene rings is 1. The van der Waals surface area contributed by atoms with Gasteiger partial charge < -0.3 is 9.40 Å². The van der Waals surface area contributed by atoms with E-state index in [1.54, 1.807) is 35.8 Å². The molecule has 9 heteroatoms. The molecule has 162 valence electrons. The summed E-state index contributed by atoms with van der Waals surface area (Å²) in [6.07, 6.45) is 2.21. The number of rotatable bonds is 6. The summed E-state index contributed by atoms with van der Waals surface area (Å²) < 4.78 is 5.59. The molecule has 1 aliphatic heterocycles. The van der Waals surface area contributed by atoms with E-state index in [0.29, 0.717) is 35.5 Å². The van der Waals surface area contributed by atoms with Gasteiger partial charge in [-0.1, -0.05) is 18.2 Å². The molecule has 0 spiro atoms. The highest BCUT2D eigenvalue weighted by Crippen LogP contribution is 2.34. The lowest BCUT2D eigenvalue weighted by Crippen LogP contribution is -2.36. The SMILES string of the molecule is CN(CC(=O)N1N=C(c2cccs2)C[C@@H]1c1ccco1)Cc1nc2ccccc2c(=O)[nH]1. The normalized spacial score (nSPS) is 16.1. The van der Waals surface area contributed by atoms with Gasteiger partial charge in [-0.15, -0.1) is 11.3 Å². The number of fused-ring (bicyclic) bond motifs is 1. The van der Waals surface area contributed by atoms with Crippen LogP contribution < -0.4 is 5.56 Å². The van der Waals surface area contributed by atoms with E-state index in [2.05, 4.69) is 15.1 Å². The van der Waals surface area contributed by atoms with Crippen molar-refractivity contribution in [2.75, 3.05) is 13.6 Å². The number of nitrogens with one attached hydrogen (secondary N) is 1. The molecule has 1 aliphatic rings. The third kappa shape index (κ3) is 4.00. The number of hydrogen-bond acceptors (Lipinski definition) is 7. The molecule has 8 nitrogen and oxygen atoms in total. The molecule has 0 bridgehead atoms. The van der Waals surface area contributed by atoms with Gasteiger partial charge in [0.05, 0.1) is 40.8 Å². The van der Waals surface area contributed by atoms with Crippen LogP contribution in [-0.2, 0) is 11.3 Å². The molecular weight excluding hydrogens is 426 g/mol. The predicted molar refractivity (Wildman–Crippen MR) is 122 cm³/mol. The van der Waals surface area contributed by atoms with Gasteiger partial charge in [-0.05, 0) is 42.8 Å². The Morgan fingerprint density at radius 1 is 1.25 bits per heavy atom. The van der Waals surface area contributed by atoms with E-state index in [0.717, 1.165) is 10.6 Å². The Labute approximate surface area is 187 Å². The van der Waals surface area contributed by atoms with Gasteiger partial charge in [0.1, 0.15) is 17.6 Å². The summed E-state index contributed by atoms with van der Waals surface area (Å²) >= 11 is 1.60. The molecule has 1 aromatic carbocycles. The molecule has 0 radical (unpaired) electrons. The Hall–Kier alpha value is -3.56. The minimum absolute atomic E-state index is 0.120. The zero-order chi connectivity index (χ0) is 22.1. The topological polar surface area (TPSA) is 94.8 Å². The van der Waals surface area contributed by atoms with E-state index in [9.17, 15) is 9.59 Å². The van der Waals surface area contributed by atoms with Crippen LogP contribution in [0.25, 0.3) is 10.9 Å². The maximum atomic E-state index is 13.2. The lowest BCUT2D eigenvalue weighted by Gasteiger charge is -2.23. The number of benzene rings is 1. The Kier molecular flexibility index (Phi) is 5.42. The molecule has 0 saturated heterocycles. The summed E-state index contributed by atoms with van der Waals surface area (Å²) in [7, 11) is 1.81. The number of hydrazone groups is 1. The standard InChI is InChI=1S/C23H21N5O3S/c1-27(13-21-24-16-7-3-2-6-15(16)23(30)25-21)14-22(29)28-18(19-8-4-10-31-19)12-17(26-28)20-9-5-11-32-20/h2-11,18H,12-14H2,1H3,(H,24,25,30)/t18-/m1/s1. The highest BCUT2D eigenvalue weighted by molar-refractivity contribution is 7.12.